The number of aromatic hydroxyl groups is 1. The van der Waals surface area contributed by atoms with Gasteiger partial charge >= 0.3 is 6.03 Å². The van der Waals surface area contributed by atoms with E-state index in [0.717, 1.165) is 55.4 Å². The fourth-order valence-corrected chi connectivity index (χ4v) is 7.27. The van der Waals surface area contributed by atoms with Gasteiger partial charge in [0.15, 0.2) is 5.82 Å². The molecule has 4 aliphatic heterocycles. The monoisotopic (exact) mass is 703 g/mol. The number of urea groups is 1. The van der Waals surface area contributed by atoms with Gasteiger partial charge in [-0.15, -0.1) is 6.58 Å². The summed E-state index contributed by atoms with van der Waals surface area (Å²) in [6, 6.07) is 21.0. The summed E-state index contributed by atoms with van der Waals surface area (Å²) in [4.78, 5) is 57.1. The zero-order valence-corrected chi connectivity index (χ0v) is 29.5. The molecule has 0 unspecified atom stereocenters. The number of likely N-dealkylation sites (N-methyl/N-ethyl adjacent to an activating group) is 1. The highest BCUT2D eigenvalue weighted by Crippen LogP contribution is 2.32. The summed E-state index contributed by atoms with van der Waals surface area (Å²) in [5.74, 6) is 0.592. The van der Waals surface area contributed by atoms with Crippen LogP contribution in [-0.4, -0.2) is 122 Å². The molecule has 13 nitrogen and oxygen atoms in total. The first kappa shape index (κ1) is 34.8. The van der Waals surface area contributed by atoms with Crippen molar-refractivity contribution in [3.05, 3.63) is 127 Å². The highest BCUT2D eigenvalue weighted by Gasteiger charge is 2.47. The number of aromatic nitrogens is 1. The van der Waals surface area contributed by atoms with Crippen LogP contribution in [0.5, 0.6) is 5.75 Å². The third-order valence-electron chi connectivity index (χ3n) is 10.0. The summed E-state index contributed by atoms with van der Waals surface area (Å²) >= 11 is 0. The number of amides is 4. The molecular formula is C39H45N9O4. The van der Waals surface area contributed by atoms with Gasteiger partial charge < -0.3 is 25.1 Å². The van der Waals surface area contributed by atoms with Crippen molar-refractivity contribution >= 4 is 23.7 Å². The van der Waals surface area contributed by atoms with E-state index in [9.17, 15) is 19.5 Å². The fraction of sp³-hybridized carbons (Fsp3) is 0.333. The first-order valence-electron chi connectivity index (χ1n) is 17.6. The number of anilines is 1. The van der Waals surface area contributed by atoms with Gasteiger partial charge in [-0.1, -0.05) is 61.2 Å². The molecule has 13 heteroatoms. The molecule has 3 fully saturated rings. The number of phenolic OH excluding ortho intramolecular Hbond substituents is 1. The lowest BCUT2D eigenvalue weighted by Crippen LogP contribution is -2.67. The van der Waals surface area contributed by atoms with E-state index >= 15 is 0 Å². The number of hydrogen-bond donors (Lipinski definition) is 2. The smallest absolute Gasteiger partial charge is 0.338 e. The number of pyridine rings is 1. The Morgan fingerprint density at radius 3 is 2.48 bits per heavy atom. The van der Waals surface area contributed by atoms with E-state index in [0.29, 0.717) is 11.7 Å². The number of carbonyl (C=O) groups excluding carboxylic acids is 3. The lowest BCUT2D eigenvalue weighted by Gasteiger charge is -2.50. The number of nitrogens with one attached hydrogen (secondary N) is 1. The minimum Gasteiger partial charge on any atom is -0.508 e. The predicted molar refractivity (Wildman–Crippen MR) is 197 cm³/mol. The lowest BCUT2D eigenvalue weighted by molar-refractivity contribution is -0.157. The summed E-state index contributed by atoms with van der Waals surface area (Å²) < 4.78 is 0. The van der Waals surface area contributed by atoms with Crippen molar-refractivity contribution in [1.82, 2.24) is 39.9 Å². The van der Waals surface area contributed by atoms with E-state index in [1.54, 1.807) is 46.5 Å². The van der Waals surface area contributed by atoms with E-state index in [1.807, 2.05) is 48.5 Å². The van der Waals surface area contributed by atoms with E-state index in [2.05, 4.69) is 40.2 Å². The molecule has 0 saturated carbocycles. The topological polar surface area (TPSA) is 119 Å². The number of nitrogens with zero attached hydrogens (tertiary/aromatic N) is 8. The lowest BCUT2D eigenvalue weighted by atomic mass is 10.0. The molecule has 4 amide bonds. The average molecular weight is 704 g/mol. The van der Waals surface area contributed by atoms with Gasteiger partial charge in [-0.3, -0.25) is 19.4 Å². The van der Waals surface area contributed by atoms with Crippen molar-refractivity contribution < 1.29 is 19.5 Å². The number of piperazine rings is 1. The molecule has 0 aliphatic carbocycles. The second-order valence-electron chi connectivity index (χ2n) is 13.7. The van der Waals surface area contributed by atoms with Gasteiger partial charge in [0.25, 0.3) is 5.91 Å². The number of hydrogen-bond acceptors (Lipinski definition) is 9. The second-order valence-corrected chi connectivity index (χ2v) is 13.7. The molecule has 2 N–H and O–H groups in total. The van der Waals surface area contributed by atoms with Gasteiger partial charge in [0.2, 0.25) is 5.91 Å². The minimum absolute atomic E-state index is 0.101. The Hall–Kier alpha value is -5.66. The number of fused-ring (bicyclic) bond motifs is 1. The fourth-order valence-electron chi connectivity index (χ4n) is 7.27. The molecule has 1 atom stereocenters. The van der Waals surface area contributed by atoms with Crippen LogP contribution in [0, 0.1) is 0 Å². The molecule has 2 aromatic carbocycles. The van der Waals surface area contributed by atoms with Crippen LogP contribution in [0.4, 0.5) is 10.6 Å². The molecule has 1 aromatic heterocycles. The minimum atomic E-state index is -0.941. The molecule has 3 saturated heterocycles. The molecule has 0 bridgehead atoms. The van der Waals surface area contributed by atoms with Gasteiger partial charge in [0.1, 0.15) is 17.6 Å². The van der Waals surface area contributed by atoms with Crippen LogP contribution < -0.4 is 10.2 Å². The van der Waals surface area contributed by atoms with Crippen LogP contribution in [0.25, 0.3) is 0 Å². The SMILES string of the molecule is C=CCN1CC(=O)N2C(=CN(Cc3cccc(N4CC(N5CCN(C)CC5=C)C4)n3)C(=O)[C@@H]2Cc2ccc(O)cc2)N1C(=O)NCc1ccccc1. The molecule has 0 radical (unpaired) electrons. The Morgan fingerprint density at radius 2 is 1.75 bits per heavy atom. The first-order chi connectivity index (χ1) is 25.2. The Balaban J connectivity index is 1.16. The number of rotatable bonds is 10. The maximum atomic E-state index is 14.4. The van der Waals surface area contributed by atoms with Crippen molar-refractivity contribution in [2.45, 2.75) is 31.6 Å². The van der Waals surface area contributed by atoms with Crippen LogP contribution in [-0.2, 0) is 29.1 Å². The van der Waals surface area contributed by atoms with Crippen LogP contribution >= 0.6 is 0 Å². The number of phenols is 1. The largest absolute Gasteiger partial charge is 0.508 e. The highest BCUT2D eigenvalue weighted by atomic mass is 16.3. The molecule has 7 rings (SSSR count). The third kappa shape index (κ3) is 7.23. The van der Waals surface area contributed by atoms with Crippen molar-refractivity contribution in [3.63, 3.8) is 0 Å². The van der Waals surface area contributed by atoms with Gasteiger partial charge in [-0.25, -0.2) is 14.8 Å². The van der Waals surface area contributed by atoms with Gasteiger partial charge in [-0.05, 0) is 42.4 Å². The zero-order valence-electron chi connectivity index (χ0n) is 29.5. The summed E-state index contributed by atoms with van der Waals surface area (Å²) in [6.07, 6.45) is 3.40. The Morgan fingerprint density at radius 1 is 0.981 bits per heavy atom. The average Bonchev–Trinajstić information content (AvgIpc) is 3.11. The predicted octanol–water partition coefficient (Wildman–Crippen LogP) is 2.95. The summed E-state index contributed by atoms with van der Waals surface area (Å²) in [5, 5.41) is 16.0. The van der Waals surface area contributed by atoms with E-state index < -0.39 is 12.1 Å². The molecule has 0 spiro atoms. The molecule has 4 aliphatic rings. The first-order valence-corrected chi connectivity index (χ1v) is 17.6. The van der Waals surface area contributed by atoms with Crippen molar-refractivity contribution in [3.8, 4) is 5.75 Å². The van der Waals surface area contributed by atoms with Crippen LogP contribution in [0.2, 0.25) is 0 Å². The number of hydrazine groups is 1. The molecule has 5 heterocycles. The van der Waals surface area contributed by atoms with Crippen molar-refractivity contribution in [1.29, 1.82) is 0 Å². The van der Waals surface area contributed by atoms with Crippen LogP contribution in [0.3, 0.4) is 0 Å². The Bertz CT molecular complexity index is 1860. The second kappa shape index (κ2) is 14.9. The normalized spacial score (nSPS) is 20.1. The Labute approximate surface area is 304 Å². The zero-order chi connectivity index (χ0) is 36.4. The van der Waals surface area contributed by atoms with Crippen LogP contribution in [0.1, 0.15) is 16.8 Å². The molecule has 52 heavy (non-hydrogen) atoms. The van der Waals surface area contributed by atoms with E-state index in [-0.39, 0.29) is 56.0 Å². The third-order valence-corrected chi connectivity index (χ3v) is 10.0. The standard InChI is InChI=1S/C39H45N9O4/c1-4-17-45-27-37(50)47-34(20-29-13-15-33(49)16-14-29)38(51)44(26-36(47)48(45)39(52)40-21-30-9-6-5-7-10-30)23-31-11-8-12-35(41-31)43-24-32(25-43)46-19-18-42(3)22-28(46)2/h4-16,26,32,34,49H,1-2,17-25,27H2,3H3,(H,40,52)/t34-/m0/s1. The number of carbonyl (C=O) groups is 3. The highest BCUT2D eigenvalue weighted by molar-refractivity contribution is 5.94. The van der Waals surface area contributed by atoms with Crippen molar-refractivity contribution in [2.75, 3.05) is 57.8 Å². The van der Waals surface area contributed by atoms with Gasteiger partial charge in [0, 0.05) is 57.9 Å². The van der Waals surface area contributed by atoms with Crippen LogP contribution in [0.15, 0.2) is 110 Å². The van der Waals surface area contributed by atoms with Gasteiger partial charge in [-0.2, -0.15) is 5.01 Å². The molecular weight excluding hydrogens is 658 g/mol. The Kier molecular flexibility index (Phi) is 9.97. The summed E-state index contributed by atoms with van der Waals surface area (Å²) in [6.45, 7) is 13.2. The van der Waals surface area contributed by atoms with Gasteiger partial charge in [0.05, 0.1) is 31.0 Å². The summed E-state index contributed by atoms with van der Waals surface area (Å²) in [5.41, 5.74) is 3.50. The summed E-state index contributed by atoms with van der Waals surface area (Å²) in [7, 11) is 2.11. The quantitative estimate of drug-likeness (QED) is 0.308. The number of benzene rings is 2. The van der Waals surface area contributed by atoms with Crippen molar-refractivity contribution in [2.24, 2.45) is 0 Å². The van der Waals surface area contributed by atoms with E-state index in [4.69, 9.17) is 4.98 Å². The molecule has 3 aromatic rings. The molecule has 270 valence electrons. The van der Waals surface area contributed by atoms with E-state index in [1.165, 1.54) is 9.91 Å². The maximum Gasteiger partial charge on any atom is 0.338 e. The maximum absolute atomic E-state index is 14.4.